The first-order valence-corrected chi connectivity index (χ1v) is 17.1. The highest BCUT2D eigenvalue weighted by atomic mass is 32.2. The molecular weight excluding hydrogens is 552 g/mol. The molecule has 0 bridgehead atoms. The minimum absolute atomic E-state index is 0.0792. The Morgan fingerprint density at radius 2 is 1.74 bits per heavy atom. The quantitative estimate of drug-likeness (QED) is 0.530. The number of fused-ring (bicyclic) bond motifs is 3. The third-order valence-corrected chi connectivity index (χ3v) is 11.1. The van der Waals surface area contributed by atoms with Crippen molar-refractivity contribution >= 4 is 27.5 Å². The summed E-state index contributed by atoms with van der Waals surface area (Å²) in [7, 11) is -3.42. The van der Waals surface area contributed by atoms with Crippen molar-refractivity contribution in [3.63, 3.8) is 0 Å². The number of sulfonamides is 1. The van der Waals surface area contributed by atoms with Crippen LogP contribution in [0.4, 0.5) is 5.69 Å². The van der Waals surface area contributed by atoms with Crippen LogP contribution in [0.25, 0.3) is 0 Å². The molecule has 1 unspecified atom stereocenters. The van der Waals surface area contributed by atoms with Crippen LogP contribution in [0, 0.1) is 5.92 Å². The van der Waals surface area contributed by atoms with Gasteiger partial charge in [-0.3, -0.25) is 13.9 Å². The molecule has 1 spiro atoms. The molecule has 2 atom stereocenters. The van der Waals surface area contributed by atoms with Crippen molar-refractivity contribution in [1.29, 1.82) is 0 Å². The van der Waals surface area contributed by atoms with Crippen LogP contribution in [0.2, 0.25) is 0 Å². The molecule has 2 aromatic carbocycles. The van der Waals surface area contributed by atoms with Gasteiger partial charge < -0.3 is 20.7 Å². The molecule has 3 N–H and O–H groups in total. The van der Waals surface area contributed by atoms with E-state index in [9.17, 15) is 18.0 Å². The molecule has 0 aromatic heterocycles. The van der Waals surface area contributed by atoms with Gasteiger partial charge in [-0.15, -0.1) is 0 Å². The number of amides is 2. The summed E-state index contributed by atoms with van der Waals surface area (Å²) in [6.45, 7) is 1.97. The summed E-state index contributed by atoms with van der Waals surface area (Å²) in [5.41, 5.74) is 8.16. The van der Waals surface area contributed by atoms with Crippen molar-refractivity contribution in [2.45, 2.75) is 74.8 Å². The molecule has 9 nitrogen and oxygen atoms in total. The lowest BCUT2D eigenvalue weighted by molar-refractivity contribution is -0.139. The van der Waals surface area contributed by atoms with Gasteiger partial charge in [-0.25, -0.2) is 8.42 Å². The minimum Gasteiger partial charge on any atom is -0.493 e. The summed E-state index contributed by atoms with van der Waals surface area (Å²) >= 11 is 0. The number of hydrogen-bond acceptors (Lipinski definition) is 6. The number of piperidine rings is 1. The Kier molecular flexibility index (Phi) is 7.72. The van der Waals surface area contributed by atoms with Crippen LogP contribution in [-0.2, 0) is 31.4 Å². The normalized spacial score (nSPS) is 23.4. The highest BCUT2D eigenvalue weighted by molar-refractivity contribution is 7.92. The average Bonchev–Trinajstić information content (AvgIpc) is 3.49. The average molecular weight is 595 g/mol. The van der Waals surface area contributed by atoms with Crippen molar-refractivity contribution < 1.29 is 22.7 Å². The lowest BCUT2D eigenvalue weighted by Gasteiger charge is -2.41. The number of rotatable bonds is 6. The fourth-order valence-corrected chi connectivity index (χ4v) is 8.53. The molecule has 4 aliphatic rings. The number of ether oxygens (including phenoxy) is 1. The van der Waals surface area contributed by atoms with Crippen LogP contribution in [0.1, 0.15) is 62.5 Å². The smallest absolute Gasteiger partial charge is 0.245 e. The topological polar surface area (TPSA) is 122 Å². The Bertz CT molecular complexity index is 1450. The maximum absolute atomic E-state index is 14.2. The van der Waals surface area contributed by atoms with Crippen molar-refractivity contribution in [1.82, 2.24) is 10.2 Å². The van der Waals surface area contributed by atoms with Crippen LogP contribution in [-0.4, -0.2) is 69.2 Å². The minimum atomic E-state index is -3.42. The summed E-state index contributed by atoms with van der Waals surface area (Å²) in [4.78, 5) is 29.5. The van der Waals surface area contributed by atoms with E-state index in [1.165, 1.54) is 10.6 Å². The van der Waals surface area contributed by atoms with Gasteiger partial charge in [0, 0.05) is 25.0 Å². The SMILES string of the molecule is CS(=O)(=O)N1CC2(CCN(C(=O)[C@@H](CC3CCOc4ccccc4C3)NC(=O)C3(N)CCCC3)CC2)c2ccccc21. The van der Waals surface area contributed by atoms with Gasteiger partial charge in [0.25, 0.3) is 0 Å². The summed E-state index contributed by atoms with van der Waals surface area (Å²) in [6.07, 6.45) is 7.76. The van der Waals surface area contributed by atoms with Crippen molar-refractivity contribution in [3.8, 4) is 5.75 Å². The molecule has 1 aliphatic carbocycles. The molecule has 3 heterocycles. The van der Waals surface area contributed by atoms with Gasteiger partial charge in [0.2, 0.25) is 21.8 Å². The second-order valence-corrected chi connectivity index (χ2v) is 14.7. The number of anilines is 1. The van der Waals surface area contributed by atoms with E-state index >= 15 is 0 Å². The lowest BCUT2D eigenvalue weighted by atomic mass is 9.74. The van der Waals surface area contributed by atoms with Gasteiger partial charge in [0.1, 0.15) is 11.8 Å². The molecule has 0 radical (unpaired) electrons. The Balaban J connectivity index is 1.20. The third-order valence-electron chi connectivity index (χ3n) is 10.0. The van der Waals surface area contributed by atoms with E-state index in [1.807, 2.05) is 47.4 Å². The number of carbonyl (C=O) groups is 2. The zero-order valence-corrected chi connectivity index (χ0v) is 25.2. The molecule has 2 amide bonds. The number of nitrogens with one attached hydrogen (secondary N) is 1. The van der Waals surface area contributed by atoms with Crippen LogP contribution >= 0.6 is 0 Å². The van der Waals surface area contributed by atoms with Crippen LogP contribution in [0.5, 0.6) is 5.75 Å². The van der Waals surface area contributed by atoms with E-state index in [2.05, 4.69) is 11.4 Å². The van der Waals surface area contributed by atoms with Crippen molar-refractivity contribution in [3.05, 3.63) is 59.7 Å². The summed E-state index contributed by atoms with van der Waals surface area (Å²) in [5, 5.41) is 3.11. The molecule has 1 saturated heterocycles. The van der Waals surface area contributed by atoms with Gasteiger partial charge in [-0.05, 0) is 74.1 Å². The van der Waals surface area contributed by atoms with Gasteiger partial charge in [-0.2, -0.15) is 0 Å². The maximum atomic E-state index is 14.2. The van der Waals surface area contributed by atoms with Crippen LogP contribution < -0.4 is 20.1 Å². The number of nitrogens with two attached hydrogens (primary N) is 1. The monoisotopic (exact) mass is 594 g/mol. The zero-order valence-electron chi connectivity index (χ0n) is 24.4. The van der Waals surface area contributed by atoms with Gasteiger partial charge in [0.15, 0.2) is 0 Å². The van der Waals surface area contributed by atoms with E-state index in [-0.39, 0.29) is 23.1 Å². The van der Waals surface area contributed by atoms with E-state index in [0.717, 1.165) is 48.2 Å². The van der Waals surface area contributed by atoms with E-state index < -0.39 is 21.6 Å². The molecule has 10 heteroatoms. The summed E-state index contributed by atoms with van der Waals surface area (Å²) in [6, 6.07) is 15.1. The Labute approximate surface area is 248 Å². The molecule has 6 rings (SSSR count). The van der Waals surface area contributed by atoms with E-state index in [0.29, 0.717) is 58.3 Å². The largest absolute Gasteiger partial charge is 0.493 e. The number of carbonyl (C=O) groups excluding carboxylic acids is 2. The number of nitrogens with zero attached hydrogens (tertiary/aromatic N) is 2. The molecular formula is C32H42N4O5S. The first-order valence-electron chi connectivity index (χ1n) is 15.2. The van der Waals surface area contributed by atoms with E-state index in [4.69, 9.17) is 10.5 Å². The number of likely N-dealkylation sites (tertiary alicyclic amines) is 1. The predicted octanol–water partition coefficient (Wildman–Crippen LogP) is 3.11. The first-order chi connectivity index (χ1) is 20.1. The van der Waals surface area contributed by atoms with Gasteiger partial charge in [0.05, 0.1) is 24.1 Å². The third kappa shape index (κ3) is 5.51. The first kappa shape index (κ1) is 29.0. The summed E-state index contributed by atoms with van der Waals surface area (Å²) in [5.74, 6) is 0.747. The standard InChI is InChI=1S/C32H42N4O5S/c1-42(39,40)36-22-31(25-9-3-4-10-27(25)36)15-17-35(18-16-31)29(37)26(34-30(38)32(33)13-6-7-14-32)21-23-12-19-41-28-11-5-2-8-24(28)20-23/h2-5,8-11,23,26H,6-7,12-22,33H2,1H3,(H,34,38)/t23?,26-/m1/s1. The highest BCUT2D eigenvalue weighted by Gasteiger charge is 2.48. The van der Waals surface area contributed by atoms with Crippen LogP contribution in [0.3, 0.4) is 0 Å². The molecule has 2 aromatic rings. The molecule has 1 saturated carbocycles. The number of para-hydroxylation sites is 2. The van der Waals surface area contributed by atoms with Gasteiger partial charge in [-0.1, -0.05) is 49.2 Å². The molecule has 3 aliphatic heterocycles. The van der Waals surface area contributed by atoms with Crippen molar-refractivity contribution in [2.24, 2.45) is 11.7 Å². The fourth-order valence-electron chi connectivity index (χ4n) is 7.54. The van der Waals surface area contributed by atoms with Crippen LogP contribution in [0.15, 0.2) is 48.5 Å². The predicted molar refractivity (Wildman–Crippen MR) is 162 cm³/mol. The van der Waals surface area contributed by atoms with Crippen molar-refractivity contribution in [2.75, 3.05) is 36.8 Å². The van der Waals surface area contributed by atoms with Gasteiger partial charge >= 0.3 is 0 Å². The number of hydrogen-bond donors (Lipinski definition) is 2. The zero-order chi connectivity index (χ0) is 29.5. The molecule has 42 heavy (non-hydrogen) atoms. The Morgan fingerprint density at radius 3 is 2.48 bits per heavy atom. The molecule has 226 valence electrons. The molecule has 2 fully saturated rings. The second kappa shape index (κ2) is 11.2. The Morgan fingerprint density at radius 1 is 1.05 bits per heavy atom. The fraction of sp³-hybridized carbons (Fsp3) is 0.562. The summed E-state index contributed by atoms with van der Waals surface area (Å²) < 4.78 is 32.7. The Hall–Kier alpha value is -3.11. The highest BCUT2D eigenvalue weighted by Crippen LogP contribution is 2.48. The second-order valence-electron chi connectivity index (χ2n) is 12.8. The lowest BCUT2D eigenvalue weighted by Crippen LogP contribution is -2.59. The maximum Gasteiger partial charge on any atom is 0.245 e. The van der Waals surface area contributed by atoms with E-state index in [1.54, 1.807) is 0 Å². The number of benzene rings is 2.